The van der Waals surface area contributed by atoms with Crippen LogP contribution in [0.5, 0.6) is 0 Å². The Morgan fingerprint density at radius 2 is 1.95 bits per heavy atom. The molecule has 1 aromatic carbocycles. The van der Waals surface area contributed by atoms with Gasteiger partial charge >= 0.3 is 0 Å². The fourth-order valence-corrected chi connectivity index (χ4v) is 3.58. The Bertz CT molecular complexity index is 785. The van der Waals surface area contributed by atoms with E-state index in [1.54, 1.807) is 12.4 Å². The number of carbonyl (C=O) groups excluding carboxylic acids is 1. The van der Waals surface area contributed by atoms with Crippen molar-refractivity contribution in [3.63, 3.8) is 0 Å². The highest BCUT2D eigenvalue weighted by atomic mass is 35.5. The van der Waals surface area contributed by atoms with E-state index < -0.39 is 0 Å². The SMILES string of the molecule is C[C@@H](NC(=O)c1sc2ccccc2c1Cl)c1ccncc1. The van der Waals surface area contributed by atoms with E-state index in [4.69, 9.17) is 11.6 Å². The smallest absolute Gasteiger partial charge is 0.263 e. The maximum Gasteiger partial charge on any atom is 0.263 e. The molecule has 0 saturated carbocycles. The fourth-order valence-electron chi connectivity index (χ4n) is 2.16. The van der Waals surface area contributed by atoms with Gasteiger partial charge in [-0.05, 0) is 30.7 Å². The van der Waals surface area contributed by atoms with E-state index in [0.29, 0.717) is 9.90 Å². The Labute approximate surface area is 131 Å². The second-order valence-electron chi connectivity index (χ2n) is 4.72. The van der Waals surface area contributed by atoms with Gasteiger partial charge in [0.15, 0.2) is 0 Å². The molecule has 1 amide bonds. The second kappa shape index (κ2) is 5.84. The molecule has 0 aliphatic carbocycles. The Balaban J connectivity index is 1.86. The molecule has 1 atom stereocenters. The van der Waals surface area contributed by atoms with E-state index in [1.807, 2.05) is 43.3 Å². The number of halogens is 1. The van der Waals surface area contributed by atoms with Gasteiger partial charge in [-0.1, -0.05) is 29.8 Å². The van der Waals surface area contributed by atoms with Crippen LogP contribution in [0.3, 0.4) is 0 Å². The maximum atomic E-state index is 12.4. The summed E-state index contributed by atoms with van der Waals surface area (Å²) in [5.74, 6) is -0.148. The zero-order valence-corrected chi connectivity index (χ0v) is 12.9. The largest absolute Gasteiger partial charge is 0.345 e. The monoisotopic (exact) mass is 316 g/mol. The predicted molar refractivity (Wildman–Crippen MR) is 87.0 cm³/mol. The lowest BCUT2D eigenvalue weighted by Crippen LogP contribution is -2.26. The van der Waals surface area contributed by atoms with Gasteiger partial charge in [-0.25, -0.2) is 0 Å². The lowest BCUT2D eigenvalue weighted by atomic mass is 10.1. The number of nitrogens with one attached hydrogen (secondary N) is 1. The summed E-state index contributed by atoms with van der Waals surface area (Å²) in [6.45, 7) is 1.94. The maximum absolute atomic E-state index is 12.4. The van der Waals surface area contributed by atoms with Gasteiger partial charge < -0.3 is 5.32 Å². The third kappa shape index (κ3) is 2.77. The summed E-state index contributed by atoms with van der Waals surface area (Å²) in [6.07, 6.45) is 3.43. The van der Waals surface area contributed by atoms with E-state index in [0.717, 1.165) is 15.6 Å². The Morgan fingerprint density at radius 3 is 2.67 bits per heavy atom. The number of hydrogen-bond acceptors (Lipinski definition) is 3. The number of amides is 1. The van der Waals surface area contributed by atoms with E-state index in [9.17, 15) is 4.79 Å². The van der Waals surface area contributed by atoms with Crippen molar-refractivity contribution in [1.29, 1.82) is 0 Å². The molecule has 3 nitrogen and oxygen atoms in total. The van der Waals surface area contributed by atoms with Gasteiger partial charge in [-0.2, -0.15) is 0 Å². The van der Waals surface area contributed by atoms with Crippen molar-refractivity contribution in [1.82, 2.24) is 10.3 Å². The second-order valence-corrected chi connectivity index (χ2v) is 6.15. The number of nitrogens with zero attached hydrogens (tertiary/aromatic N) is 1. The van der Waals surface area contributed by atoms with Crippen molar-refractivity contribution in [2.24, 2.45) is 0 Å². The number of pyridine rings is 1. The molecule has 3 aromatic rings. The van der Waals surface area contributed by atoms with Crippen LogP contribution in [0.2, 0.25) is 5.02 Å². The summed E-state index contributed by atoms with van der Waals surface area (Å²) in [5, 5.41) is 4.42. The first-order chi connectivity index (χ1) is 10.2. The van der Waals surface area contributed by atoms with Gasteiger partial charge in [0.1, 0.15) is 4.88 Å². The zero-order valence-electron chi connectivity index (χ0n) is 11.3. The topological polar surface area (TPSA) is 42.0 Å². The molecule has 0 unspecified atom stereocenters. The van der Waals surface area contributed by atoms with Crippen LogP contribution in [-0.4, -0.2) is 10.9 Å². The molecular formula is C16H13ClN2OS. The van der Waals surface area contributed by atoms with Gasteiger partial charge in [-0.3, -0.25) is 9.78 Å². The van der Waals surface area contributed by atoms with Crippen molar-refractivity contribution < 1.29 is 4.79 Å². The van der Waals surface area contributed by atoms with Crippen LogP contribution in [0.4, 0.5) is 0 Å². The average molecular weight is 317 g/mol. The quantitative estimate of drug-likeness (QED) is 0.776. The fraction of sp³-hybridized carbons (Fsp3) is 0.125. The molecule has 21 heavy (non-hydrogen) atoms. The first-order valence-corrected chi connectivity index (χ1v) is 7.74. The van der Waals surface area contributed by atoms with Crippen molar-refractivity contribution in [3.8, 4) is 0 Å². The normalized spacial score (nSPS) is 12.3. The van der Waals surface area contributed by atoms with Gasteiger partial charge in [0.05, 0.1) is 11.1 Å². The highest BCUT2D eigenvalue weighted by molar-refractivity contribution is 7.21. The standard InChI is InChI=1S/C16H13ClN2OS/c1-10(11-6-8-18-9-7-11)19-16(20)15-14(17)12-4-2-3-5-13(12)21-15/h2-10H,1H3,(H,19,20)/t10-/m1/s1. The minimum atomic E-state index is -0.148. The third-order valence-electron chi connectivity index (χ3n) is 3.29. The Hall–Kier alpha value is -1.91. The summed E-state index contributed by atoms with van der Waals surface area (Å²) in [4.78, 5) is 16.9. The van der Waals surface area contributed by atoms with Crippen molar-refractivity contribution in [2.75, 3.05) is 0 Å². The van der Waals surface area contributed by atoms with Gasteiger partial charge in [0.25, 0.3) is 5.91 Å². The van der Waals surface area contributed by atoms with Gasteiger partial charge in [0, 0.05) is 22.5 Å². The Kier molecular flexibility index (Phi) is 3.90. The predicted octanol–water partition coefficient (Wildman–Crippen LogP) is 4.44. The van der Waals surface area contributed by atoms with Crippen LogP contribution < -0.4 is 5.32 Å². The van der Waals surface area contributed by atoms with Gasteiger partial charge in [0.2, 0.25) is 0 Å². The molecular weight excluding hydrogens is 304 g/mol. The summed E-state index contributed by atoms with van der Waals surface area (Å²) >= 11 is 7.73. The summed E-state index contributed by atoms with van der Waals surface area (Å²) < 4.78 is 1.02. The molecule has 0 bridgehead atoms. The van der Waals surface area contributed by atoms with Crippen LogP contribution in [-0.2, 0) is 0 Å². The lowest BCUT2D eigenvalue weighted by Gasteiger charge is -2.13. The first-order valence-electron chi connectivity index (χ1n) is 6.54. The number of carbonyl (C=O) groups is 1. The minimum absolute atomic E-state index is 0.0956. The van der Waals surface area contributed by atoms with Crippen molar-refractivity contribution >= 4 is 38.9 Å². The summed E-state index contributed by atoms with van der Waals surface area (Å²) in [5.41, 5.74) is 1.01. The van der Waals surface area contributed by atoms with E-state index in [2.05, 4.69) is 10.3 Å². The highest BCUT2D eigenvalue weighted by Crippen LogP contribution is 2.35. The van der Waals surface area contributed by atoms with Gasteiger partial charge in [-0.15, -0.1) is 11.3 Å². The number of fused-ring (bicyclic) bond motifs is 1. The molecule has 1 N–H and O–H groups in total. The number of rotatable bonds is 3. The van der Waals surface area contributed by atoms with Crippen LogP contribution >= 0.6 is 22.9 Å². The number of benzene rings is 1. The molecule has 0 fully saturated rings. The number of thiophene rings is 1. The van der Waals surface area contributed by atoms with E-state index >= 15 is 0 Å². The Morgan fingerprint density at radius 1 is 1.24 bits per heavy atom. The van der Waals surface area contributed by atoms with Crippen LogP contribution in [0, 0.1) is 0 Å². The zero-order chi connectivity index (χ0) is 14.8. The molecule has 0 aliphatic heterocycles. The summed E-state index contributed by atoms with van der Waals surface area (Å²) in [6, 6.07) is 11.4. The molecule has 0 spiro atoms. The van der Waals surface area contributed by atoms with E-state index in [-0.39, 0.29) is 11.9 Å². The molecule has 3 rings (SSSR count). The molecule has 106 valence electrons. The molecule has 2 heterocycles. The molecule has 0 radical (unpaired) electrons. The average Bonchev–Trinajstić information content (AvgIpc) is 2.86. The molecule has 2 aromatic heterocycles. The molecule has 0 aliphatic rings. The number of hydrogen-bond donors (Lipinski definition) is 1. The lowest BCUT2D eigenvalue weighted by molar-refractivity contribution is 0.0944. The van der Waals surface area contributed by atoms with Crippen LogP contribution in [0.1, 0.15) is 28.2 Å². The third-order valence-corrected chi connectivity index (χ3v) is 4.97. The van der Waals surface area contributed by atoms with Crippen molar-refractivity contribution in [3.05, 3.63) is 64.3 Å². The highest BCUT2D eigenvalue weighted by Gasteiger charge is 2.18. The molecule has 0 saturated heterocycles. The first kappa shape index (κ1) is 14.0. The molecule has 5 heteroatoms. The summed E-state index contributed by atoms with van der Waals surface area (Å²) in [7, 11) is 0. The van der Waals surface area contributed by atoms with Crippen LogP contribution in [0.15, 0.2) is 48.8 Å². The number of aromatic nitrogens is 1. The minimum Gasteiger partial charge on any atom is -0.345 e. The van der Waals surface area contributed by atoms with E-state index in [1.165, 1.54) is 11.3 Å². The van der Waals surface area contributed by atoms with Crippen molar-refractivity contribution in [2.45, 2.75) is 13.0 Å². The van der Waals surface area contributed by atoms with Crippen LogP contribution in [0.25, 0.3) is 10.1 Å².